The first-order valence-corrected chi connectivity index (χ1v) is 11.3. The minimum atomic E-state index is -0.367. The van der Waals surface area contributed by atoms with E-state index in [0.717, 1.165) is 37.9 Å². The Bertz CT molecular complexity index is 979. The summed E-state index contributed by atoms with van der Waals surface area (Å²) in [5.41, 5.74) is 3.72. The van der Waals surface area contributed by atoms with Crippen LogP contribution in [0.3, 0.4) is 0 Å². The van der Waals surface area contributed by atoms with Gasteiger partial charge in [0.05, 0.1) is 5.92 Å². The van der Waals surface area contributed by atoms with Crippen molar-refractivity contribution in [2.45, 2.75) is 58.5 Å². The van der Waals surface area contributed by atoms with Crippen LogP contribution in [0.25, 0.3) is 0 Å². The zero-order valence-electron chi connectivity index (χ0n) is 17.9. The highest BCUT2D eigenvalue weighted by atomic mass is 16.5. The number of ether oxygens (including phenoxy) is 1. The summed E-state index contributed by atoms with van der Waals surface area (Å²) >= 11 is 0. The molecule has 30 heavy (non-hydrogen) atoms. The van der Waals surface area contributed by atoms with E-state index in [-0.39, 0.29) is 22.9 Å². The molecule has 0 radical (unpaired) electrons. The molecule has 0 saturated heterocycles. The average molecular weight is 403 g/mol. The normalized spacial score (nSPS) is 32.1. The third-order valence-corrected chi connectivity index (χ3v) is 8.20. The maximum Gasteiger partial charge on any atom is 0.149 e. The van der Waals surface area contributed by atoms with Crippen LogP contribution in [0.2, 0.25) is 0 Å². The van der Waals surface area contributed by atoms with Gasteiger partial charge in [-0.2, -0.15) is 0 Å². The molecule has 0 bridgehead atoms. The van der Waals surface area contributed by atoms with Crippen molar-refractivity contribution in [2.75, 3.05) is 0 Å². The van der Waals surface area contributed by atoms with Gasteiger partial charge >= 0.3 is 0 Å². The van der Waals surface area contributed by atoms with Gasteiger partial charge in [-0.3, -0.25) is 9.59 Å². The molecule has 0 amide bonds. The van der Waals surface area contributed by atoms with Crippen molar-refractivity contribution < 1.29 is 14.3 Å². The third kappa shape index (κ3) is 3.10. The molecule has 0 aliphatic heterocycles. The first-order valence-electron chi connectivity index (χ1n) is 11.3. The minimum Gasteiger partial charge on any atom is -0.489 e. The molecule has 3 heteroatoms. The molecule has 5 rings (SSSR count). The van der Waals surface area contributed by atoms with Crippen LogP contribution in [0.1, 0.15) is 62.1 Å². The number of fused-ring (bicyclic) bond motifs is 5. The standard InChI is InChI=1S/C27H30O3/c1-17(28)24-15-25-23-10-8-19-14-20(30-16-18-6-4-3-5-7-18)9-11-21(19)22(23)12-13-27(25,2)26(24)29/h3-7,9,11,14,22-25H,8,10,12-13,15-16H2,1-2H3/t22?,23?,24?,25?,27-/m0/s1. The van der Waals surface area contributed by atoms with Crippen molar-refractivity contribution in [3.63, 3.8) is 0 Å². The van der Waals surface area contributed by atoms with Gasteiger partial charge in [0, 0.05) is 5.41 Å². The Kier molecular flexibility index (Phi) is 4.80. The van der Waals surface area contributed by atoms with Crippen molar-refractivity contribution >= 4 is 11.6 Å². The molecule has 156 valence electrons. The predicted molar refractivity (Wildman–Crippen MR) is 116 cm³/mol. The van der Waals surface area contributed by atoms with Gasteiger partial charge in [0.25, 0.3) is 0 Å². The topological polar surface area (TPSA) is 43.4 Å². The minimum absolute atomic E-state index is 0.0589. The molecule has 2 aromatic rings. The lowest BCUT2D eigenvalue weighted by molar-refractivity contribution is -0.136. The van der Waals surface area contributed by atoms with E-state index in [1.54, 1.807) is 6.92 Å². The van der Waals surface area contributed by atoms with Crippen LogP contribution in [0.4, 0.5) is 0 Å². The number of ketones is 2. The van der Waals surface area contributed by atoms with Crippen LogP contribution >= 0.6 is 0 Å². The van der Waals surface area contributed by atoms with Crippen molar-refractivity contribution in [1.29, 1.82) is 0 Å². The Hall–Kier alpha value is -2.42. The van der Waals surface area contributed by atoms with Crippen LogP contribution in [0, 0.1) is 23.2 Å². The number of aryl methyl sites for hydroxylation is 1. The molecular formula is C27H30O3. The second kappa shape index (κ2) is 7.37. The molecule has 0 N–H and O–H groups in total. The van der Waals surface area contributed by atoms with Gasteiger partial charge in [0.2, 0.25) is 0 Å². The molecule has 3 aliphatic carbocycles. The van der Waals surface area contributed by atoms with Crippen LogP contribution in [-0.2, 0) is 22.6 Å². The van der Waals surface area contributed by atoms with E-state index in [9.17, 15) is 9.59 Å². The molecule has 0 aromatic heterocycles. The van der Waals surface area contributed by atoms with Crippen LogP contribution < -0.4 is 4.74 Å². The fourth-order valence-corrected chi connectivity index (χ4v) is 6.56. The number of carbonyl (C=O) groups is 2. The Labute approximate surface area is 178 Å². The fourth-order valence-electron chi connectivity index (χ4n) is 6.56. The molecule has 2 aromatic carbocycles. The van der Waals surface area contributed by atoms with Crippen molar-refractivity contribution in [3.8, 4) is 5.75 Å². The van der Waals surface area contributed by atoms with E-state index < -0.39 is 0 Å². The van der Waals surface area contributed by atoms with Gasteiger partial charge in [-0.05, 0) is 85.6 Å². The molecule has 3 nitrogen and oxygen atoms in total. The number of carbonyl (C=O) groups excluding carboxylic acids is 2. The lowest BCUT2D eigenvalue weighted by Crippen LogP contribution is -2.42. The van der Waals surface area contributed by atoms with Gasteiger partial charge in [-0.1, -0.05) is 43.3 Å². The Balaban J connectivity index is 1.36. The fraction of sp³-hybridized carbons (Fsp3) is 0.481. The Morgan fingerprint density at radius 1 is 1.13 bits per heavy atom. The van der Waals surface area contributed by atoms with Crippen molar-refractivity contribution in [1.82, 2.24) is 0 Å². The van der Waals surface area contributed by atoms with E-state index in [4.69, 9.17) is 4.74 Å². The Morgan fingerprint density at radius 2 is 1.93 bits per heavy atom. The lowest BCUT2D eigenvalue weighted by Gasteiger charge is -2.48. The summed E-state index contributed by atoms with van der Waals surface area (Å²) in [7, 11) is 0. The number of benzene rings is 2. The van der Waals surface area contributed by atoms with E-state index in [1.165, 1.54) is 16.7 Å². The van der Waals surface area contributed by atoms with E-state index >= 15 is 0 Å². The largest absolute Gasteiger partial charge is 0.489 e. The van der Waals surface area contributed by atoms with Crippen molar-refractivity contribution in [3.05, 3.63) is 65.2 Å². The monoisotopic (exact) mass is 402 g/mol. The van der Waals surface area contributed by atoms with Crippen LogP contribution in [-0.4, -0.2) is 11.6 Å². The number of hydrogen-bond acceptors (Lipinski definition) is 3. The summed E-state index contributed by atoms with van der Waals surface area (Å²) < 4.78 is 6.05. The van der Waals surface area contributed by atoms with Gasteiger partial charge in [0.15, 0.2) is 0 Å². The van der Waals surface area contributed by atoms with E-state index in [1.807, 2.05) is 18.2 Å². The highest BCUT2D eigenvalue weighted by molar-refractivity contribution is 6.05. The Morgan fingerprint density at radius 3 is 2.70 bits per heavy atom. The van der Waals surface area contributed by atoms with Crippen LogP contribution in [0.15, 0.2) is 48.5 Å². The molecule has 2 saturated carbocycles. The molecule has 5 atom stereocenters. The summed E-state index contributed by atoms with van der Waals surface area (Å²) in [5.74, 6) is 2.21. The van der Waals surface area contributed by atoms with Crippen LogP contribution in [0.5, 0.6) is 5.75 Å². The summed E-state index contributed by atoms with van der Waals surface area (Å²) in [4.78, 5) is 25.1. The first-order chi connectivity index (χ1) is 14.5. The second-order valence-corrected chi connectivity index (χ2v) is 9.77. The summed E-state index contributed by atoms with van der Waals surface area (Å²) in [6, 6.07) is 16.8. The van der Waals surface area contributed by atoms with E-state index in [2.05, 4.69) is 37.3 Å². The zero-order valence-corrected chi connectivity index (χ0v) is 17.9. The summed E-state index contributed by atoms with van der Waals surface area (Å²) in [6.45, 7) is 4.31. The predicted octanol–water partition coefficient (Wildman–Crippen LogP) is 5.51. The second-order valence-electron chi connectivity index (χ2n) is 9.77. The maximum atomic E-state index is 13.0. The third-order valence-electron chi connectivity index (χ3n) is 8.20. The molecule has 0 spiro atoms. The average Bonchev–Trinajstić information content (AvgIpc) is 3.04. The maximum absolute atomic E-state index is 13.0. The molecule has 0 heterocycles. The smallest absolute Gasteiger partial charge is 0.149 e. The molecule has 3 aliphatic rings. The molecular weight excluding hydrogens is 372 g/mol. The van der Waals surface area contributed by atoms with Gasteiger partial charge in [-0.25, -0.2) is 0 Å². The number of Topliss-reactive ketones (excluding diaryl/α,β-unsaturated/α-hetero) is 2. The highest BCUT2D eigenvalue weighted by Crippen LogP contribution is 2.60. The number of hydrogen-bond donors (Lipinski definition) is 0. The van der Waals surface area contributed by atoms with Gasteiger partial charge < -0.3 is 4.74 Å². The van der Waals surface area contributed by atoms with Gasteiger partial charge in [-0.15, -0.1) is 0 Å². The van der Waals surface area contributed by atoms with Gasteiger partial charge in [0.1, 0.15) is 23.9 Å². The lowest BCUT2D eigenvalue weighted by atomic mass is 9.55. The molecule has 4 unspecified atom stereocenters. The molecule has 2 fully saturated rings. The van der Waals surface area contributed by atoms with Crippen molar-refractivity contribution in [2.24, 2.45) is 23.2 Å². The quantitative estimate of drug-likeness (QED) is 0.634. The SMILES string of the molecule is CC(=O)C1CC2C3CCc4cc(OCc5ccccc5)ccc4C3CC[C@]2(C)C1=O. The number of rotatable bonds is 4. The summed E-state index contributed by atoms with van der Waals surface area (Å²) in [6.07, 6.45) is 4.86. The zero-order chi connectivity index (χ0) is 20.9. The highest BCUT2D eigenvalue weighted by Gasteiger charge is 2.58. The summed E-state index contributed by atoms with van der Waals surface area (Å²) in [5, 5.41) is 0. The first kappa shape index (κ1) is 19.5. The van der Waals surface area contributed by atoms with E-state index in [0.29, 0.717) is 24.4 Å².